The lowest BCUT2D eigenvalue weighted by Gasteiger charge is -2.28. The van der Waals surface area contributed by atoms with Crippen LogP contribution in [0, 0.1) is 0 Å². The van der Waals surface area contributed by atoms with E-state index in [9.17, 15) is 0 Å². The predicted octanol–water partition coefficient (Wildman–Crippen LogP) is 2.40. The lowest BCUT2D eigenvalue weighted by atomic mass is 10.3. The standard InChI is InChI=1S/C12H20BrN3O/c1-4-11-14-10(13)8-12(15-11)16(9(2)3)6-5-7-17/h8-9,17H,4-7H2,1-3H3. The zero-order valence-corrected chi connectivity index (χ0v) is 12.2. The van der Waals surface area contributed by atoms with Gasteiger partial charge >= 0.3 is 0 Å². The average molecular weight is 302 g/mol. The minimum absolute atomic E-state index is 0.204. The quantitative estimate of drug-likeness (QED) is 0.820. The highest BCUT2D eigenvalue weighted by Gasteiger charge is 2.13. The van der Waals surface area contributed by atoms with Gasteiger partial charge in [0, 0.05) is 31.7 Å². The normalized spacial score (nSPS) is 10.9. The minimum atomic E-state index is 0.204. The summed E-state index contributed by atoms with van der Waals surface area (Å²) in [7, 11) is 0. The molecule has 0 amide bonds. The Bertz CT molecular complexity index is 358. The van der Waals surface area contributed by atoms with Gasteiger partial charge in [-0.15, -0.1) is 0 Å². The van der Waals surface area contributed by atoms with E-state index in [1.807, 2.05) is 13.0 Å². The van der Waals surface area contributed by atoms with Crippen molar-refractivity contribution in [3.8, 4) is 0 Å². The highest BCUT2D eigenvalue weighted by atomic mass is 79.9. The third kappa shape index (κ3) is 4.24. The van der Waals surface area contributed by atoms with Crippen molar-refractivity contribution >= 4 is 21.7 Å². The first kappa shape index (κ1) is 14.4. The van der Waals surface area contributed by atoms with Gasteiger partial charge < -0.3 is 10.0 Å². The van der Waals surface area contributed by atoms with Crippen LogP contribution in [0.3, 0.4) is 0 Å². The molecule has 0 saturated carbocycles. The maximum Gasteiger partial charge on any atom is 0.133 e. The second kappa shape index (κ2) is 6.91. The first-order valence-electron chi connectivity index (χ1n) is 5.99. The summed E-state index contributed by atoms with van der Waals surface area (Å²) in [6.07, 6.45) is 1.57. The molecule has 0 aliphatic carbocycles. The van der Waals surface area contributed by atoms with Crippen molar-refractivity contribution in [2.75, 3.05) is 18.1 Å². The van der Waals surface area contributed by atoms with Gasteiger partial charge in [0.05, 0.1) is 0 Å². The SMILES string of the molecule is CCc1nc(Br)cc(N(CCCO)C(C)C)n1. The fraction of sp³-hybridized carbons (Fsp3) is 0.667. The number of hydrogen-bond acceptors (Lipinski definition) is 4. The van der Waals surface area contributed by atoms with Gasteiger partial charge in [-0.1, -0.05) is 6.92 Å². The molecule has 1 aromatic heterocycles. The molecule has 0 atom stereocenters. The molecule has 0 unspecified atom stereocenters. The van der Waals surface area contributed by atoms with Crippen LogP contribution >= 0.6 is 15.9 Å². The first-order chi connectivity index (χ1) is 8.08. The summed E-state index contributed by atoms with van der Waals surface area (Å²) < 4.78 is 0.814. The molecule has 0 spiro atoms. The number of aliphatic hydroxyl groups is 1. The van der Waals surface area contributed by atoms with E-state index in [0.717, 1.165) is 35.6 Å². The summed E-state index contributed by atoms with van der Waals surface area (Å²) in [4.78, 5) is 11.0. The lowest BCUT2D eigenvalue weighted by Crippen LogP contribution is -2.33. The molecule has 96 valence electrons. The van der Waals surface area contributed by atoms with E-state index in [1.54, 1.807) is 0 Å². The Kier molecular flexibility index (Phi) is 5.85. The fourth-order valence-corrected chi connectivity index (χ4v) is 2.04. The Hall–Kier alpha value is -0.680. The van der Waals surface area contributed by atoms with Crippen LogP contribution in [-0.2, 0) is 6.42 Å². The molecule has 5 heteroatoms. The molecular weight excluding hydrogens is 282 g/mol. The van der Waals surface area contributed by atoms with Crippen molar-refractivity contribution in [3.63, 3.8) is 0 Å². The number of aromatic nitrogens is 2. The van der Waals surface area contributed by atoms with Crippen molar-refractivity contribution in [1.82, 2.24) is 9.97 Å². The zero-order chi connectivity index (χ0) is 12.8. The summed E-state index contributed by atoms with van der Waals surface area (Å²) in [5.41, 5.74) is 0. The van der Waals surface area contributed by atoms with Crippen molar-refractivity contribution in [1.29, 1.82) is 0 Å². The molecule has 17 heavy (non-hydrogen) atoms. The summed E-state index contributed by atoms with van der Waals surface area (Å²) in [6.45, 7) is 7.30. The minimum Gasteiger partial charge on any atom is -0.396 e. The number of anilines is 1. The van der Waals surface area contributed by atoms with Gasteiger partial charge in [-0.3, -0.25) is 0 Å². The van der Waals surface area contributed by atoms with E-state index in [0.29, 0.717) is 6.04 Å². The highest BCUT2D eigenvalue weighted by molar-refractivity contribution is 9.10. The zero-order valence-electron chi connectivity index (χ0n) is 10.6. The molecule has 0 bridgehead atoms. The third-order valence-corrected chi connectivity index (χ3v) is 2.92. The van der Waals surface area contributed by atoms with Crippen LogP contribution in [0.25, 0.3) is 0 Å². The van der Waals surface area contributed by atoms with Crippen molar-refractivity contribution in [2.45, 2.75) is 39.7 Å². The van der Waals surface area contributed by atoms with Gasteiger partial charge in [0.25, 0.3) is 0 Å². The van der Waals surface area contributed by atoms with E-state index in [-0.39, 0.29) is 6.61 Å². The van der Waals surface area contributed by atoms with E-state index in [4.69, 9.17) is 5.11 Å². The second-order valence-corrected chi connectivity index (χ2v) is 5.00. The number of aliphatic hydroxyl groups excluding tert-OH is 1. The van der Waals surface area contributed by atoms with Gasteiger partial charge in [-0.2, -0.15) is 0 Å². The Balaban J connectivity index is 2.96. The Morgan fingerprint density at radius 2 is 2.12 bits per heavy atom. The van der Waals surface area contributed by atoms with Gasteiger partial charge in [-0.25, -0.2) is 9.97 Å². The van der Waals surface area contributed by atoms with Crippen LogP contribution in [-0.4, -0.2) is 34.3 Å². The molecule has 0 fully saturated rings. The van der Waals surface area contributed by atoms with Crippen LogP contribution in [0.15, 0.2) is 10.7 Å². The van der Waals surface area contributed by atoms with E-state index in [1.165, 1.54) is 0 Å². The molecule has 1 heterocycles. The largest absolute Gasteiger partial charge is 0.396 e. The van der Waals surface area contributed by atoms with Gasteiger partial charge in [0.1, 0.15) is 16.2 Å². The fourth-order valence-electron chi connectivity index (χ4n) is 1.64. The Morgan fingerprint density at radius 3 is 2.65 bits per heavy atom. The number of halogens is 1. The van der Waals surface area contributed by atoms with Gasteiger partial charge in [-0.05, 0) is 36.2 Å². The molecule has 0 aromatic carbocycles. The molecule has 1 aromatic rings. The van der Waals surface area contributed by atoms with Crippen LogP contribution in [0.5, 0.6) is 0 Å². The molecule has 0 saturated heterocycles. The maximum atomic E-state index is 8.93. The molecule has 4 nitrogen and oxygen atoms in total. The van der Waals surface area contributed by atoms with Crippen LogP contribution < -0.4 is 4.90 Å². The summed E-state index contributed by atoms with van der Waals surface area (Å²) >= 11 is 3.41. The average Bonchev–Trinajstić information content (AvgIpc) is 2.28. The van der Waals surface area contributed by atoms with Crippen LogP contribution in [0.2, 0.25) is 0 Å². The molecule has 1 rings (SSSR count). The van der Waals surface area contributed by atoms with Crippen molar-refractivity contribution < 1.29 is 5.11 Å². The maximum absolute atomic E-state index is 8.93. The summed E-state index contributed by atoms with van der Waals surface area (Å²) in [6, 6.07) is 2.28. The van der Waals surface area contributed by atoms with Gasteiger partial charge in [0.2, 0.25) is 0 Å². The predicted molar refractivity (Wildman–Crippen MR) is 73.3 cm³/mol. The smallest absolute Gasteiger partial charge is 0.133 e. The number of rotatable bonds is 6. The third-order valence-electron chi connectivity index (χ3n) is 2.52. The van der Waals surface area contributed by atoms with Gasteiger partial charge in [0.15, 0.2) is 0 Å². The second-order valence-electron chi connectivity index (χ2n) is 4.18. The van der Waals surface area contributed by atoms with Crippen LogP contribution in [0.1, 0.15) is 33.0 Å². The highest BCUT2D eigenvalue weighted by Crippen LogP contribution is 2.19. The van der Waals surface area contributed by atoms with Crippen molar-refractivity contribution in [2.24, 2.45) is 0 Å². The number of nitrogens with zero attached hydrogens (tertiary/aromatic N) is 3. The van der Waals surface area contributed by atoms with E-state index >= 15 is 0 Å². The Morgan fingerprint density at radius 1 is 1.41 bits per heavy atom. The summed E-state index contributed by atoms with van der Waals surface area (Å²) in [5.74, 6) is 1.76. The van der Waals surface area contributed by atoms with E-state index < -0.39 is 0 Å². The number of aryl methyl sites for hydroxylation is 1. The Labute approximate surface area is 111 Å². The number of hydrogen-bond donors (Lipinski definition) is 1. The lowest BCUT2D eigenvalue weighted by molar-refractivity contribution is 0.288. The topological polar surface area (TPSA) is 49.2 Å². The first-order valence-corrected chi connectivity index (χ1v) is 6.78. The van der Waals surface area contributed by atoms with E-state index in [2.05, 4.69) is 44.6 Å². The molecule has 0 aliphatic heterocycles. The molecule has 0 radical (unpaired) electrons. The monoisotopic (exact) mass is 301 g/mol. The van der Waals surface area contributed by atoms with Crippen LogP contribution in [0.4, 0.5) is 5.82 Å². The molecular formula is C12H20BrN3O. The molecule has 1 N–H and O–H groups in total. The van der Waals surface area contributed by atoms with Crippen molar-refractivity contribution in [3.05, 3.63) is 16.5 Å². The summed E-state index contributed by atoms with van der Waals surface area (Å²) in [5, 5.41) is 8.93. The molecule has 0 aliphatic rings.